The topological polar surface area (TPSA) is 61.8 Å². The van der Waals surface area contributed by atoms with Gasteiger partial charge in [0, 0.05) is 5.56 Å². The van der Waals surface area contributed by atoms with E-state index in [0.717, 1.165) is 30.5 Å². The van der Waals surface area contributed by atoms with Crippen LogP contribution in [0.25, 0.3) is 0 Å². The second-order valence-electron chi connectivity index (χ2n) is 5.57. The van der Waals surface area contributed by atoms with Gasteiger partial charge in [-0.05, 0) is 25.0 Å². The number of nitrogens with zero attached hydrogens (tertiary/aromatic N) is 2. The van der Waals surface area contributed by atoms with E-state index >= 15 is 0 Å². The first-order chi connectivity index (χ1) is 10.5. The third-order valence-corrected chi connectivity index (χ3v) is 4.48. The molecule has 1 aliphatic carbocycles. The molecular weight excluding hydrogens is 309 g/mol. The van der Waals surface area contributed by atoms with Gasteiger partial charge in [-0.1, -0.05) is 36.9 Å². The Kier molecular flexibility index (Phi) is 3.87. The summed E-state index contributed by atoms with van der Waals surface area (Å²) in [6.45, 7) is 0. The van der Waals surface area contributed by atoms with Crippen LogP contribution in [0.2, 0.25) is 5.02 Å². The number of hydrogen-bond acceptors (Lipinski definition) is 3. The van der Waals surface area contributed by atoms with Crippen molar-refractivity contribution in [1.82, 2.24) is 10.3 Å². The fraction of sp³-hybridized carbons (Fsp3) is 0.400. The molecule has 0 bridgehead atoms. The molecule has 5 nitrogen and oxygen atoms in total. The molecule has 116 valence electrons. The lowest BCUT2D eigenvalue weighted by Gasteiger charge is -2.29. The zero-order chi connectivity index (χ0) is 15.7. The van der Waals surface area contributed by atoms with Gasteiger partial charge in [0.2, 0.25) is 0 Å². The largest absolute Gasteiger partial charge is 0.346 e. The van der Waals surface area contributed by atoms with Crippen LogP contribution in [0.3, 0.4) is 0 Å². The summed E-state index contributed by atoms with van der Waals surface area (Å²) in [5, 5.41) is 7.52. The minimum Gasteiger partial charge on any atom is -0.321 e. The van der Waals surface area contributed by atoms with Gasteiger partial charge < -0.3 is 5.32 Å². The Balaban J connectivity index is 1.85. The Labute approximate surface area is 132 Å². The van der Waals surface area contributed by atoms with Gasteiger partial charge in [-0.25, -0.2) is 9.18 Å². The Bertz CT molecular complexity index is 636. The van der Waals surface area contributed by atoms with Crippen molar-refractivity contribution in [2.45, 2.75) is 37.6 Å². The van der Waals surface area contributed by atoms with Crippen LogP contribution in [0, 0.1) is 5.82 Å². The van der Waals surface area contributed by atoms with E-state index < -0.39 is 17.4 Å². The summed E-state index contributed by atoms with van der Waals surface area (Å²) >= 11 is 5.89. The molecule has 0 aromatic heterocycles. The number of hydrogen-bond donors (Lipinski definition) is 1. The standard InChI is InChI=1S/C15H15ClFN3O2/c16-11-5-4-6-12(17)10(11)9-18-20-13(21)15(19-14(20)22)7-2-1-3-8-15/h4-6,9H,1-3,7-8H2,(H,19,22)/b18-9-. The van der Waals surface area contributed by atoms with Gasteiger partial charge >= 0.3 is 6.03 Å². The highest BCUT2D eigenvalue weighted by Gasteiger charge is 2.51. The average Bonchev–Trinajstić information content (AvgIpc) is 2.71. The summed E-state index contributed by atoms with van der Waals surface area (Å²) in [6.07, 6.45) is 5.18. The summed E-state index contributed by atoms with van der Waals surface area (Å²) in [5.41, 5.74) is -0.791. The maximum Gasteiger partial charge on any atom is 0.346 e. The number of rotatable bonds is 2. The molecule has 1 aromatic carbocycles. The fourth-order valence-corrected chi connectivity index (χ4v) is 3.17. The van der Waals surface area contributed by atoms with Crippen molar-refractivity contribution in [3.63, 3.8) is 0 Å². The van der Waals surface area contributed by atoms with Gasteiger partial charge in [0.25, 0.3) is 5.91 Å². The van der Waals surface area contributed by atoms with Crippen molar-refractivity contribution >= 4 is 29.8 Å². The summed E-state index contributed by atoms with van der Waals surface area (Å²) in [4.78, 5) is 24.5. The fourth-order valence-electron chi connectivity index (χ4n) is 2.95. The monoisotopic (exact) mass is 323 g/mol. The quantitative estimate of drug-likeness (QED) is 0.671. The van der Waals surface area contributed by atoms with Gasteiger partial charge in [-0.3, -0.25) is 4.79 Å². The van der Waals surface area contributed by atoms with Crippen LogP contribution in [-0.4, -0.2) is 28.7 Å². The highest BCUT2D eigenvalue weighted by Crippen LogP contribution is 2.33. The Morgan fingerprint density at radius 2 is 2.00 bits per heavy atom. The molecule has 1 aromatic rings. The number of halogens is 2. The third kappa shape index (κ3) is 2.47. The average molecular weight is 324 g/mol. The van der Waals surface area contributed by atoms with Crippen LogP contribution in [0.15, 0.2) is 23.3 Å². The van der Waals surface area contributed by atoms with Crippen molar-refractivity contribution < 1.29 is 14.0 Å². The molecule has 1 saturated heterocycles. The maximum atomic E-state index is 13.7. The van der Waals surface area contributed by atoms with Crippen LogP contribution in [0.5, 0.6) is 0 Å². The van der Waals surface area contributed by atoms with E-state index in [1.165, 1.54) is 18.2 Å². The van der Waals surface area contributed by atoms with E-state index in [-0.39, 0.29) is 16.5 Å². The van der Waals surface area contributed by atoms with Gasteiger partial charge in [-0.15, -0.1) is 5.01 Å². The minimum atomic E-state index is -0.842. The normalized spacial score (nSPS) is 20.9. The molecule has 2 fully saturated rings. The zero-order valence-corrected chi connectivity index (χ0v) is 12.6. The number of imide groups is 1. The van der Waals surface area contributed by atoms with Crippen LogP contribution >= 0.6 is 11.6 Å². The molecule has 1 spiro atoms. The highest BCUT2D eigenvalue weighted by molar-refractivity contribution is 6.33. The smallest absolute Gasteiger partial charge is 0.321 e. The molecule has 2 aliphatic rings. The first kappa shape index (κ1) is 15.0. The van der Waals surface area contributed by atoms with E-state index in [1.807, 2.05) is 0 Å². The number of carbonyl (C=O) groups is 2. The lowest BCUT2D eigenvalue weighted by Crippen LogP contribution is -2.48. The summed E-state index contributed by atoms with van der Waals surface area (Å²) < 4.78 is 13.7. The number of nitrogens with one attached hydrogen (secondary N) is 1. The minimum absolute atomic E-state index is 0.0503. The first-order valence-corrected chi connectivity index (χ1v) is 7.56. The van der Waals surface area contributed by atoms with Gasteiger partial charge in [-0.2, -0.15) is 5.10 Å². The van der Waals surface area contributed by atoms with E-state index in [4.69, 9.17) is 11.6 Å². The van der Waals surface area contributed by atoms with E-state index in [0.29, 0.717) is 12.8 Å². The Hall–Kier alpha value is -1.95. The number of benzene rings is 1. The SMILES string of the molecule is O=C1NC2(CCCCC2)C(=O)N1/N=C\c1c(F)cccc1Cl. The van der Waals surface area contributed by atoms with Crippen molar-refractivity contribution in [1.29, 1.82) is 0 Å². The van der Waals surface area contributed by atoms with Crippen molar-refractivity contribution in [3.8, 4) is 0 Å². The number of amides is 3. The molecule has 0 atom stereocenters. The van der Waals surface area contributed by atoms with Gasteiger partial charge in [0.05, 0.1) is 11.2 Å². The summed E-state index contributed by atoms with van der Waals surface area (Å²) in [5.74, 6) is -0.934. The predicted molar refractivity (Wildman–Crippen MR) is 80.2 cm³/mol. The van der Waals surface area contributed by atoms with E-state index in [2.05, 4.69) is 10.4 Å². The number of hydrazone groups is 1. The second kappa shape index (κ2) is 5.68. The molecule has 0 unspecified atom stereocenters. The van der Waals surface area contributed by atoms with Crippen LogP contribution in [0.1, 0.15) is 37.7 Å². The molecule has 1 heterocycles. The highest BCUT2D eigenvalue weighted by atomic mass is 35.5. The van der Waals surface area contributed by atoms with Crippen LogP contribution in [-0.2, 0) is 4.79 Å². The predicted octanol–water partition coefficient (Wildman–Crippen LogP) is 3.07. The molecule has 0 radical (unpaired) electrons. The summed E-state index contributed by atoms with van der Waals surface area (Å²) in [7, 11) is 0. The molecule has 3 rings (SSSR count). The van der Waals surface area contributed by atoms with Crippen molar-refractivity contribution in [2.75, 3.05) is 0 Å². The van der Waals surface area contributed by atoms with Gasteiger partial charge in [0.15, 0.2) is 0 Å². The van der Waals surface area contributed by atoms with Crippen molar-refractivity contribution in [2.24, 2.45) is 5.10 Å². The molecule has 1 N–H and O–H groups in total. The molecule has 22 heavy (non-hydrogen) atoms. The number of carbonyl (C=O) groups excluding carboxylic acids is 2. The Morgan fingerprint density at radius 1 is 1.27 bits per heavy atom. The van der Waals surface area contributed by atoms with Crippen molar-refractivity contribution in [3.05, 3.63) is 34.6 Å². The zero-order valence-electron chi connectivity index (χ0n) is 11.8. The number of urea groups is 1. The lowest BCUT2D eigenvalue weighted by molar-refractivity contribution is -0.132. The third-order valence-electron chi connectivity index (χ3n) is 4.15. The first-order valence-electron chi connectivity index (χ1n) is 7.18. The van der Waals surface area contributed by atoms with Crippen LogP contribution in [0.4, 0.5) is 9.18 Å². The molecule has 3 amide bonds. The summed E-state index contributed by atoms with van der Waals surface area (Å²) in [6, 6.07) is 3.65. The molecule has 7 heteroatoms. The lowest BCUT2D eigenvalue weighted by atomic mass is 9.82. The molecule has 1 aliphatic heterocycles. The molecular formula is C15H15ClFN3O2. The maximum absolute atomic E-state index is 13.7. The van der Waals surface area contributed by atoms with E-state index in [9.17, 15) is 14.0 Å². The Morgan fingerprint density at radius 3 is 2.68 bits per heavy atom. The van der Waals surface area contributed by atoms with Gasteiger partial charge in [0.1, 0.15) is 11.4 Å². The van der Waals surface area contributed by atoms with Crippen LogP contribution < -0.4 is 5.32 Å². The second-order valence-corrected chi connectivity index (χ2v) is 5.98. The molecule has 1 saturated carbocycles. The van der Waals surface area contributed by atoms with E-state index in [1.54, 1.807) is 0 Å².